The number of hydrogen-bond donors (Lipinski definition) is 0. The summed E-state index contributed by atoms with van der Waals surface area (Å²) in [6, 6.07) is 0. The van der Waals surface area contributed by atoms with Crippen molar-refractivity contribution in [2.75, 3.05) is 13.7 Å². The van der Waals surface area contributed by atoms with Crippen molar-refractivity contribution in [1.82, 2.24) is 0 Å². The van der Waals surface area contributed by atoms with E-state index in [1.54, 1.807) is 7.11 Å². The Balaban J connectivity index is 1.82. The van der Waals surface area contributed by atoms with E-state index in [4.69, 9.17) is 9.47 Å². The fraction of sp³-hybridized carbons (Fsp3) is 0.818. The number of hydrogen-bond acceptors (Lipinski definition) is 2. The van der Waals surface area contributed by atoms with Gasteiger partial charge in [0.1, 0.15) is 6.10 Å². The van der Waals surface area contributed by atoms with Gasteiger partial charge in [0.15, 0.2) is 0 Å². The average Bonchev–Trinajstić information content (AvgIpc) is 2.84. The van der Waals surface area contributed by atoms with Crippen LogP contribution in [0.3, 0.4) is 0 Å². The van der Waals surface area contributed by atoms with Crippen LogP contribution in [-0.4, -0.2) is 25.9 Å². The summed E-state index contributed by atoms with van der Waals surface area (Å²) in [5.41, 5.74) is 0. The predicted octanol–water partition coefficient (Wildman–Crippen LogP) is 2.54. The number of ether oxygens (including phenoxy) is 2. The van der Waals surface area contributed by atoms with Crippen LogP contribution in [0.15, 0.2) is 12.7 Å². The molecule has 13 heavy (non-hydrogen) atoms. The molecule has 0 unspecified atom stereocenters. The second-order valence-electron chi connectivity index (χ2n) is 3.60. The lowest BCUT2D eigenvalue weighted by Crippen LogP contribution is -2.01. The summed E-state index contributed by atoms with van der Waals surface area (Å²) in [7, 11) is 1.73. The second kappa shape index (κ2) is 6.17. The summed E-state index contributed by atoms with van der Waals surface area (Å²) in [4.78, 5) is 0. The zero-order valence-electron chi connectivity index (χ0n) is 8.50. The molecule has 76 valence electrons. The molecular formula is C11H20O2. The topological polar surface area (TPSA) is 21.8 Å². The minimum absolute atomic E-state index is 0.393. The van der Waals surface area contributed by atoms with Gasteiger partial charge in [-0.25, -0.2) is 0 Å². The Morgan fingerprint density at radius 2 is 2.15 bits per heavy atom. The Hall–Kier alpha value is -0.340. The summed E-state index contributed by atoms with van der Waals surface area (Å²) in [5, 5.41) is 0. The van der Waals surface area contributed by atoms with Crippen LogP contribution in [0.2, 0.25) is 0 Å². The summed E-state index contributed by atoms with van der Waals surface area (Å²) < 4.78 is 10.4. The SMILES string of the molecule is C=CCCCCC[C@H]1O[C@@H]1COC. The molecule has 2 heteroatoms. The Kier molecular flexibility index (Phi) is 5.09. The molecule has 0 spiro atoms. The van der Waals surface area contributed by atoms with Crippen molar-refractivity contribution in [3.8, 4) is 0 Å². The molecular weight excluding hydrogens is 164 g/mol. The number of epoxide rings is 1. The highest BCUT2D eigenvalue weighted by molar-refractivity contribution is 4.84. The molecule has 0 radical (unpaired) electrons. The van der Waals surface area contributed by atoms with Gasteiger partial charge in [0.25, 0.3) is 0 Å². The van der Waals surface area contributed by atoms with Crippen molar-refractivity contribution in [2.45, 2.75) is 44.3 Å². The van der Waals surface area contributed by atoms with Gasteiger partial charge in [-0.2, -0.15) is 0 Å². The molecule has 1 heterocycles. The Morgan fingerprint density at radius 3 is 2.85 bits per heavy atom. The van der Waals surface area contributed by atoms with Gasteiger partial charge < -0.3 is 9.47 Å². The van der Waals surface area contributed by atoms with E-state index < -0.39 is 0 Å². The van der Waals surface area contributed by atoms with E-state index in [9.17, 15) is 0 Å². The zero-order valence-corrected chi connectivity index (χ0v) is 8.50. The molecule has 0 aliphatic carbocycles. The lowest BCUT2D eigenvalue weighted by atomic mass is 10.1. The highest BCUT2D eigenvalue weighted by atomic mass is 16.6. The Morgan fingerprint density at radius 1 is 1.31 bits per heavy atom. The van der Waals surface area contributed by atoms with Crippen molar-refractivity contribution in [3.05, 3.63) is 12.7 Å². The molecule has 0 aromatic carbocycles. The van der Waals surface area contributed by atoms with E-state index >= 15 is 0 Å². The molecule has 0 N–H and O–H groups in total. The first-order valence-corrected chi connectivity index (χ1v) is 5.13. The smallest absolute Gasteiger partial charge is 0.107 e. The summed E-state index contributed by atoms with van der Waals surface area (Å²) >= 11 is 0. The van der Waals surface area contributed by atoms with Gasteiger partial charge in [0, 0.05) is 7.11 Å². The molecule has 0 aromatic rings. The molecule has 0 saturated carbocycles. The lowest BCUT2D eigenvalue weighted by Gasteiger charge is -1.96. The van der Waals surface area contributed by atoms with E-state index in [0.717, 1.165) is 13.0 Å². The number of methoxy groups -OCH3 is 1. The molecule has 2 atom stereocenters. The first-order chi connectivity index (χ1) is 6.38. The van der Waals surface area contributed by atoms with E-state index in [1.165, 1.54) is 25.7 Å². The minimum Gasteiger partial charge on any atom is -0.382 e. The second-order valence-corrected chi connectivity index (χ2v) is 3.60. The quantitative estimate of drug-likeness (QED) is 0.328. The van der Waals surface area contributed by atoms with Crippen LogP contribution in [-0.2, 0) is 9.47 Å². The van der Waals surface area contributed by atoms with Crippen molar-refractivity contribution in [2.24, 2.45) is 0 Å². The number of allylic oxidation sites excluding steroid dienone is 1. The van der Waals surface area contributed by atoms with Crippen molar-refractivity contribution >= 4 is 0 Å². The maximum absolute atomic E-state index is 5.42. The van der Waals surface area contributed by atoms with Gasteiger partial charge in [0.05, 0.1) is 12.7 Å². The minimum atomic E-state index is 0.393. The molecule has 1 aliphatic heterocycles. The highest BCUT2D eigenvalue weighted by Gasteiger charge is 2.37. The van der Waals surface area contributed by atoms with E-state index in [2.05, 4.69) is 6.58 Å². The van der Waals surface area contributed by atoms with Crippen molar-refractivity contribution in [1.29, 1.82) is 0 Å². The predicted molar refractivity (Wildman–Crippen MR) is 53.8 cm³/mol. The van der Waals surface area contributed by atoms with Crippen LogP contribution in [0.25, 0.3) is 0 Å². The molecule has 0 amide bonds. The maximum Gasteiger partial charge on any atom is 0.107 e. The third kappa shape index (κ3) is 4.44. The van der Waals surface area contributed by atoms with Crippen LogP contribution in [0, 0.1) is 0 Å². The van der Waals surface area contributed by atoms with Crippen LogP contribution in [0.5, 0.6) is 0 Å². The molecule has 1 fully saturated rings. The summed E-state index contributed by atoms with van der Waals surface area (Å²) in [6.45, 7) is 4.46. The van der Waals surface area contributed by atoms with E-state index in [-0.39, 0.29) is 0 Å². The van der Waals surface area contributed by atoms with Crippen molar-refractivity contribution < 1.29 is 9.47 Å². The van der Waals surface area contributed by atoms with Crippen LogP contribution in [0.4, 0.5) is 0 Å². The summed E-state index contributed by atoms with van der Waals surface area (Å²) in [6.07, 6.45) is 9.06. The van der Waals surface area contributed by atoms with Gasteiger partial charge >= 0.3 is 0 Å². The number of rotatable bonds is 8. The van der Waals surface area contributed by atoms with Gasteiger partial charge in [-0.05, 0) is 19.3 Å². The maximum atomic E-state index is 5.42. The van der Waals surface area contributed by atoms with E-state index in [0.29, 0.717) is 12.2 Å². The largest absolute Gasteiger partial charge is 0.382 e. The molecule has 2 nitrogen and oxygen atoms in total. The van der Waals surface area contributed by atoms with Gasteiger partial charge in [0.2, 0.25) is 0 Å². The third-order valence-electron chi connectivity index (χ3n) is 2.42. The molecule has 1 aliphatic rings. The monoisotopic (exact) mass is 184 g/mol. The van der Waals surface area contributed by atoms with E-state index in [1.807, 2.05) is 6.08 Å². The third-order valence-corrected chi connectivity index (χ3v) is 2.42. The van der Waals surface area contributed by atoms with Gasteiger partial charge in [-0.3, -0.25) is 0 Å². The Bertz CT molecular complexity index is 145. The number of unbranched alkanes of at least 4 members (excludes halogenated alkanes) is 3. The van der Waals surface area contributed by atoms with Crippen LogP contribution in [0.1, 0.15) is 32.1 Å². The van der Waals surface area contributed by atoms with Crippen LogP contribution < -0.4 is 0 Å². The fourth-order valence-electron chi connectivity index (χ4n) is 1.55. The highest BCUT2D eigenvalue weighted by Crippen LogP contribution is 2.27. The fourth-order valence-corrected chi connectivity index (χ4v) is 1.55. The standard InChI is InChI=1S/C11H20O2/c1-3-4-5-6-7-8-10-11(13-10)9-12-2/h3,10-11H,1,4-9H2,2H3/t10-,11-/m1/s1. The van der Waals surface area contributed by atoms with Crippen molar-refractivity contribution in [3.63, 3.8) is 0 Å². The first kappa shape index (κ1) is 10.7. The summed E-state index contributed by atoms with van der Waals surface area (Å²) in [5.74, 6) is 0. The molecule has 1 rings (SSSR count). The molecule has 0 bridgehead atoms. The lowest BCUT2D eigenvalue weighted by molar-refractivity contribution is 0.171. The van der Waals surface area contributed by atoms with Crippen LogP contribution >= 0.6 is 0 Å². The van der Waals surface area contributed by atoms with Gasteiger partial charge in [-0.15, -0.1) is 6.58 Å². The van der Waals surface area contributed by atoms with Gasteiger partial charge in [-0.1, -0.05) is 18.9 Å². The average molecular weight is 184 g/mol. The molecule has 0 aromatic heterocycles. The Labute approximate surface area is 80.9 Å². The first-order valence-electron chi connectivity index (χ1n) is 5.13. The molecule has 1 saturated heterocycles. The normalized spacial score (nSPS) is 25.9. The zero-order chi connectivity index (χ0) is 9.52.